The van der Waals surface area contributed by atoms with Crippen molar-refractivity contribution in [1.29, 1.82) is 0 Å². The summed E-state index contributed by atoms with van der Waals surface area (Å²) in [5.41, 5.74) is 3.42. The predicted octanol–water partition coefficient (Wildman–Crippen LogP) is -0.580. The van der Waals surface area contributed by atoms with Crippen molar-refractivity contribution in [1.82, 2.24) is 4.90 Å². The fraction of sp³-hybridized carbons (Fsp3) is 0.278. The Morgan fingerprint density at radius 2 is 1.77 bits per heavy atom. The average molecular weight is 410 g/mol. The van der Waals surface area contributed by atoms with Crippen LogP contribution in [0.15, 0.2) is 54.9 Å². The fourth-order valence-electron chi connectivity index (χ4n) is 2.23. The number of rotatable bonds is 6. The zero-order valence-corrected chi connectivity index (χ0v) is 15.3. The van der Waals surface area contributed by atoms with E-state index in [1.54, 1.807) is 0 Å². The van der Waals surface area contributed by atoms with E-state index < -0.39 is 0 Å². The molecule has 0 aliphatic carbocycles. The van der Waals surface area contributed by atoms with Crippen molar-refractivity contribution >= 4 is 11.8 Å². The Balaban J connectivity index is 0.00000242. The zero-order valence-electron chi connectivity index (χ0n) is 13.1. The number of benzene rings is 1. The van der Waals surface area contributed by atoms with Gasteiger partial charge in [-0.3, -0.25) is 0 Å². The summed E-state index contributed by atoms with van der Waals surface area (Å²) >= 11 is 0. The van der Waals surface area contributed by atoms with Gasteiger partial charge in [-0.25, -0.2) is 4.57 Å². The lowest BCUT2D eigenvalue weighted by Gasteiger charge is -2.22. The molecule has 22 heavy (non-hydrogen) atoms. The van der Waals surface area contributed by atoms with Crippen molar-refractivity contribution in [3.8, 4) is 0 Å². The van der Waals surface area contributed by atoms with E-state index in [0.717, 1.165) is 23.4 Å². The number of aromatic nitrogens is 1. The maximum Gasteiger partial charge on any atom is 0.169 e. The second-order valence-corrected chi connectivity index (χ2v) is 5.00. The number of aryl methyl sites for hydroxylation is 1. The van der Waals surface area contributed by atoms with Crippen LogP contribution >= 0.6 is 0 Å². The van der Waals surface area contributed by atoms with E-state index in [-0.39, 0.29) is 30.6 Å². The van der Waals surface area contributed by atoms with E-state index in [4.69, 9.17) is 0 Å². The van der Waals surface area contributed by atoms with Crippen molar-refractivity contribution in [3.05, 3.63) is 66.0 Å². The number of hydrogen-bond acceptors (Lipinski definition) is 2. The van der Waals surface area contributed by atoms with Crippen LogP contribution in [0.4, 0.5) is 0 Å². The highest BCUT2D eigenvalue weighted by molar-refractivity contribution is 5.79. The lowest BCUT2D eigenvalue weighted by molar-refractivity contribution is -0.693. The highest BCUT2D eigenvalue weighted by Crippen LogP contribution is 2.20. The van der Waals surface area contributed by atoms with Crippen molar-refractivity contribution in [2.45, 2.75) is 13.5 Å². The Labute approximate surface area is 149 Å². The zero-order chi connectivity index (χ0) is 15.1. The van der Waals surface area contributed by atoms with Gasteiger partial charge in [-0.05, 0) is 18.6 Å². The molecule has 0 radical (unpaired) electrons. The van der Waals surface area contributed by atoms with Gasteiger partial charge in [0.1, 0.15) is 6.54 Å². The molecular weight excluding hydrogens is 387 g/mol. The summed E-state index contributed by atoms with van der Waals surface area (Å²) in [4.78, 5) is 2.08. The minimum Gasteiger partial charge on any atom is -1.00 e. The molecule has 0 aliphatic heterocycles. The molecule has 2 rings (SSSR count). The highest BCUT2D eigenvalue weighted by atomic mass is 127. The Bertz CT molecular complexity index is 582. The number of nitrogens with zero attached hydrogens (tertiary/aromatic N) is 2. The molecular formula is C18H23IN2O. The van der Waals surface area contributed by atoms with Gasteiger partial charge in [-0.1, -0.05) is 30.3 Å². The van der Waals surface area contributed by atoms with Gasteiger partial charge in [-0.2, -0.15) is 0 Å². The molecule has 1 aromatic carbocycles. The molecule has 3 nitrogen and oxygen atoms in total. The first-order chi connectivity index (χ1) is 10.2. The molecule has 0 fully saturated rings. The van der Waals surface area contributed by atoms with Crippen LogP contribution in [0.1, 0.15) is 18.1 Å². The summed E-state index contributed by atoms with van der Waals surface area (Å²) in [5.74, 6) is 0. The van der Waals surface area contributed by atoms with Crippen LogP contribution < -0.4 is 28.5 Å². The summed E-state index contributed by atoms with van der Waals surface area (Å²) < 4.78 is 2.13. The van der Waals surface area contributed by atoms with Crippen molar-refractivity contribution in [3.63, 3.8) is 0 Å². The minimum absolute atomic E-state index is 0. The van der Waals surface area contributed by atoms with E-state index in [1.807, 2.05) is 25.2 Å². The normalized spacial score (nSPS) is 11.0. The summed E-state index contributed by atoms with van der Waals surface area (Å²) in [6.07, 6.45) is 6.32. The number of pyridine rings is 1. The standard InChI is InChI=1S/C18H23N2O.HI/c1-3-20-11-9-17(10-12-20)18(19(2)13-14-21)15-16-7-5-4-6-8-16;/h4-12,15,21H,3,13-14H2,1-2H3;1H/q+1;/p-1/b18-15+;. The first-order valence-corrected chi connectivity index (χ1v) is 7.33. The summed E-state index contributed by atoms with van der Waals surface area (Å²) in [7, 11) is 2.01. The van der Waals surface area contributed by atoms with Crippen molar-refractivity contribution in [2.75, 3.05) is 20.2 Å². The first kappa shape index (κ1) is 18.6. The molecule has 1 aromatic heterocycles. The molecule has 0 unspecified atom stereocenters. The molecule has 0 bridgehead atoms. The van der Waals surface area contributed by atoms with Crippen LogP contribution in [0.25, 0.3) is 11.8 Å². The largest absolute Gasteiger partial charge is 1.00 e. The van der Waals surface area contributed by atoms with Crippen LogP contribution in [-0.2, 0) is 6.54 Å². The molecule has 1 N–H and O–H groups in total. The summed E-state index contributed by atoms with van der Waals surface area (Å²) in [6.45, 7) is 3.84. The molecule has 118 valence electrons. The Kier molecular flexibility index (Phi) is 8.12. The van der Waals surface area contributed by atoms with Crippen LogP contribution in [0, 0.1) is 0 Å². The number of likely N-dealkylation sites (N-methyl/N-ethyl adjacent to an activating group) is 1. The van der Waals surface area contributed by atoms with Crippen LogP contribution in [0.5, 0.6) is 0 Å². The molecule has 2 aromatic rings. The minimum atomic E-state index is 0. The Morgan fingerprint density at radius 1 is 1.14 bits per heavy atom. The number of aliphatic hydroxyl groups is 1. The third-order valence-corrected chi connectivity index (χ3v) is 3.50. The smallest absolute Gasteiger partial charge is 0.169 e. The van der Waals surface area contributed by atoms with Gasteiger partial charge in [0.25, 0.3) is 0 Å². The van der Waals surface area contributed by atoms with Crippen molar-refractivity contribution in [2.24, 2.45) is 0 Å². The van der Waals surface area contributed by atoms with Gasteiger partial charge in [-0.15, -0.1) is 0 Å². The number of halogens is 1. The topological polar surface area (TPSA) is 27.4 Å². The third-order valence-electron chi connectivity index (χ3n) is 3.50. The van der Waals surface area contributed by atoms with Gasteiger partial charge in [0.05, 0.1) is 6.61 Å². The maximum atomic E-state index is 9.21. The molecule has 0 saturated carbocycles. The van der Waals surface area contributed by atoms with E-state index in [0.29, 0.717) is 6.54 Å². The molecule has 0 spiro atoms. The van der Waals surface area contributed by atoms with E-state index in [9.17, 15) is 5.11 Å². The van der Waals surface area contributed by atoms with Crippen LogP contribution in [-0.4, -0.2) is 30.2 Å². The number of hydrogen-bond donors (Lipinski definition) is 1. The lowest BCUT2D eigenvalue weighted by Crippen LogP contribution is -3.00. The van der Waals surface area contributed by atoms with Gasteiger partial charge >= 0.3 is 0 Å². The van der Waals surface area contributed by atoms with Crippen molar-refractivity contribution < 1.29 is 33.7 Å². The molecule has 1 heterocycles. The number of aliphatic hydroxyl groups excluding tert-OH is 1. The van der Waals surface area contributed by atoms with E-state index in [2.05, 4.69) is 59.1 Å². The second kappa shape index (κ2) is 9.58. The molecule has 0 amide bonds. The van der Waals surface area contributed by atoms with E-state index in [1.165, 1.54) is 0 Å². The highest BCUT2D eigenvalue weighted by Gasteiger charge is 2.09. The van der Waals surface area contributed by atoms with Gasteiger partial charge in [0.2, 0.25) is 0 Å². The van der Waals surface area contributed by atoms with Gasteiger partial charge in [0.15, 0.2) is 12.4 Å². The Morgan fingerprint density at radius 3 is 2.32 bits per heavy atom. The van der Waals surface area contributed by atoms with Gasteiger partial charge < -0.3 is 34.0 Å². The first-order valence-electron chi connectivity index (χ1n) is 7.33. The quantitative estimate of drug-likeness (QED) is 0.510. The Hall–Kier alpha value is -1.40. The molecule has 0 saturated heterocycles. The monoisotopic (exact) mass is 410 g/mol. The SMILES string of the molecule is CC[n+]1ccc(/C(=C\c2ccccc2)N(C)CCO)cc1.[I-]. The summed E-state index contributed by atoms with van der Waals surface area (Å²) in [5, 5.41) is 9.21. The van der Waals surface area contributed by atoms with Crippen LogP contribution in [0.2, 0.25) is 0 Å². The molecule has 0 aliphatic rings. The molecule has 0 atom stereocenters. The van der Waals surface area contributed by atoms with Crippen LogP contribution in [0.3, 0.4) is 0 Å². The maximum absolute atomic E-state index is 9.21. The lowest BCUT2D eigenvalue weighted by atomic mass is 10.1. The fourth-order valence-corrected chi connectivity index (χ4v) is 2.23. The third kappa shape index (κ3) is 5.10. The summed E-state index contributed by atoms with van der Waals surface area (Å²) in [6, 6.07) is 14.5. The predicted molar refractivity (Wildman–Crippen MR) is 86.3 cm³/mol. The molecule has 4 heteroatoms. The average Bonchev–Trinajstić information content (AvgIpc) is 2.54. The second-order valence-electron chi connectivity index (χ2n) is 5.00. The van der Waals surface area contributed by atoms with Gasteiger partial charge in [0, 0.05) is 37.0 Å². The van der Waals surface area contributed by atoms with E-state index >= 15 is 0 Å².